The molecule has 4 N–H and O–H groups in total. The van der Waals surface area contributed by atoms with Crippen LogP contribution in [0.4, 0.5) is 5.69 Å². The molecule has 2 rings (SSSR count). The van der Waals surface area contributed by atoms with Crippen LogP contribution in [0.15, 0.2) is 57.9 Å². The number of rotatable bonds is 6. The molecule has 1 unspecified atom stereocenters. The van der Waals surface area contributed by atoms with Crippen molar-refractivity contribution in [2.24, 2.45) is 5.14 Å². The average molecular weight is 427 g/mol. The van der Waals surface area contributed by atoms with Crippen LogP contribution in [0.1, 0.15) is 12.5 Å². The van der Waals surface area contributed by atoms with E-state index in [9.17, 15) is 13.2 Å². The first-order valence-electron chi connectivity index (χ1n) is 7.67. The fourth-order valence-electron chi connectivity index (χ4n) is 2.28. The molecule has 0 bridgehead atoms. The zero-order chi connectivity index (χ0) is 18.6. The van der Waals surface area contributed by atoms with E-state index >= 15 is 0 Å². The maximum Gasteiger partial charge on any atom is 0.282 e. The highest BCUT2D eigenvalue weighted by atomic mass is 79.9. The largest absolute Gasteiger partial charge is 0.324 e. The second-order valence-corrected chi connectivity index (χ2v) is 8.41. The monoisotopic (exact) mass is 426 g/mol. The van der Waals surface area contributed by atoms with E-state index in [2.05, 4.69) is 21.2 Å². The quantitative estimate of drug-likeness (QED) is 0.646. The Labute approximate surface area is 156 Å². The molecule has 2 aromatic rings. The van der Waals surface area contributed by atoms with Crippen LogP contribution in [0.3, 0.4) is 0 Å². The number of carbonyl (C=O) groups excluding carboxylic acids is 1. The summed E-state index contributed by atoms with van der Waals surface area (Å²) in [6, 6.07) is 13.5. The highest BCUT2D eigenvalue weighted by Gasteiger charge is 2.22. The molecule has 0 spiro atoms. The van der Waals surface area contributed by atoms with E-state index in [4.69, 9.17) is 5.14 Å². The van der Waals surface area contributed by atoms with E-state index < -0.39 is 10.0 Å². The number of sulfonamides is 1. The topological polar surface area (TPSA) is 93.7 Å². The van der Waals surface area contributed by atoms with Crippen LogP contribution in [0.5, 0.6) is 0 Å². The van der Waals surface area contributed by atoms with Gasteiger partial charge in [0.05, 0.1) is 11.9 Å². The zero-order valence-electron chi connectivity index (χ0n) is 14.0. The summed E-state index contributed by atoms with van der Waals surface area (Å²) in [7, 11) is -1.78. The fourth-order valence-corrected chi connectivity index (χ4v) is 3.06. The van der Waals surface area contributed by atoms with Crippen molar-refractivity contribution in [3.05, 3.63) is 58.6 Å². The zero-order valence-corrected chi connectivity index (χ0v) is 16.4. The van der Waals surface area contributed by atoms with E-state index in [1.54, 1.807) is 0 Å². The minimum atomic E-state index is -3.74. The first-order chi connectivity index (χ1) is 11.7. The number of hydrogen-bond donors (Lipinski definition) is 3. The Morgan fingerprint density at radius 1 is 1.16 bits per heavy atom. The maximum absolute atomic E-state index is 12.4. The number of benzene rings is 2. The summed E-state index contributed by atoms with van der Waals surface area (Å²) in [5.41, 5.74) is 1.67. The molecule has 6 nitrogen and oxygen atoms in total. The number of halogens is 1. The molecule has 0 saturated carbocycles. The van der Waals surface area contributed by atoms with Crippen LogP contribution >= 0.6 is 15.9 Å². The lowest BCUT2D eigenvalue weighted by molar-refractivity contribution is -0.907. The van der Waals surface area contributed by atoms with Crippen molar-refractivity contribution in [2.75, 3.05) is 12.4 Å². The Kier molecular flexibility index (Phi) is 6.34. The van der Waals surface area contributed by atoms with Gasteiger partial charge in [0.25, 0.3) is 5.91 Å². The van der Waals surface area contributed by atoms with Gasteiger partial charge in [0.1, 0.15) is 6.54 Å². The molecule has 0 fully saturated rings. The van der Waals surface area contributed by atoms with E-state index in [1.165, 1.54) is 24.3 Å². The average Bonchev–Trinajstić information content (AvgIpc) is 2.55. The van der Waals surface area contributed by atoms with Crippen LogP contribution < -0.4 is 15.4 Å². The lowest BCUT2D eigenvalue weighted by Crippen LogP contribution is -3.12. The molecule has 2 atom stereocenters. The summed E-state index contributed by atoms with van der Waals surface area (Å²) in [6.07, 6.45) is 0. The number of amides is 1. The SMILES string of the molecule is C[C@H](C(=O)Nc1ccc(S(N)(=O)=O)cc1)[NH+](C)Cc1ccc(Br)cc1. The number of primary sulfonamides is 1. The molecule has 0 saturated heterocycles. The van der Waals surface area contributed by atoms with Crippen molar-refractivity contribution in [2.45, 2.75) is 24.4 Å². The predicted molar refractivity (Wildman–Crippen MR) is 101 cm³/mol. The second-order valence-electron chi connectivity index (χ2n) is 5.93. The number of carbonyl (C=O) groups is 1. The molecular weight excluding hydrogens is 406 g/mol. The third-order valence-electron chi connectivity index (χ3n) is 3.98. The molecule has 0 aliphatic rings. The lowest BCUT2D eigenvalue weighted by Gasteiger charge is -2.21. The van der Waals surface area contributed by atoms with Gasteiger partial charge in [0.2, 0.25) is 10.0 Å². The van der Waals surface area contributed by atoms with Crippen LogP contribution in [-0.2, 0) is 21.4 Å². The van der Waals surface area contributed by atoms with E-state index in [0.29, 0.717) is 12.2 Å². The van der Waals surface area contributed by atoms with E-state index in [1.807, 2.05) is 38.2 Å². The lowest BCUT2D eigenvalue weighted by atomic mass is 10.2. The minimum absolute atomic E-state index is 0.0107. The number of likely N-dealkylation sites (N-methyl/N-ethyl adjacent to an activating group) is 1. The molecule has 25 heavy (non-hydrogen) atoms. The molecular formula is C17H21BrN3O3S+. The Morgan fingerprint density at radius 2 is 1.72 bits per heavy atom. The second kappa shape index (κ2) is 8.09. The Hall–Kier alpha value is -1.74. The van der Waals surface area contributed by atoms with Crippen molar-refractivity contribution in [3.63, 3.8) is 0 Å². The Balaban J connectivity index is 1.98. The standard InChI is InChI=1S/C17H20BrN3O3S/c1-12(21(2)11-13-3-5-14(18)6-4-13)17(22)20-15-7-9-16(10-8-15)25(19,23)24/h3-10,12H,11H2,1-2H3,(H,20,22)(H2,19,23,24)/p+1/t12-/m1/s1. The Bertz CT molecular complexity index is 836. The highest BCUT2D eigenvalue weighted by molar-refractivity contribution is 9.10. The number of nitrogens with two attached hydrogens (primary N) is 1. The van der Waals surface area contributed by atoms with Gasteiger partial charge in [-0.3, -0.25) is 4.79 Å². The summed E-state index contributed by atoms with van der Waals surface area (Å²) in [4.78, 5) is 13.5. The molecule has 1 amide bonds. The summed E-state index contributed by atoms with van der Waals surface area (Å²) < 4.78 is 23.5. The van der Waals surface area contributed by atoms with Crippen molar-refractivity contribution < 1.29 is 18.1 Å². The first kappa shape index (κ1) is 19.6. The molecule has 0 heterocycles. The number of hydrogen-bond acceptors (Lipinski definition) is 3. The van der Waals surface area contributed by atoms with Crippen molar-refractivity contribution in [3.8, 4) is 0 Å². The number of nitrogens with one attached hydrogen (secondary N) is 2. The van der Waals surface area contributed by atoms with Crippen LogP contribution in [0, 0.1) is 0 Å². The fraction of sp³-hybridized carbons (Fsp3) is 0.235. The van der Waals surface area contributed by atoms with Crippen LogP contribution in [0.2, 0.25) is 0 Å². The van der Waals surface area contributed by atoms with E-state index in [-0.39, 0.29) is 16.8 Å². The van der Waals surface area contributed by atoms with E-state index in [0.717, 1.165) is 14.9 Å². The van der Waals surface area contributed by atoms with Gasteiger partial charge in [-0.05, 0) is 43.3 Å². The summed E-state index contributed by atoms with van der Waals surface area (Å²) in [6.45, 7) is 2.56. The van der Waals surface area contributed by atoms with Gasteiger partial charge in [0, 0.05) is 15.7 Å². The van der Waals surface area contributed by atoms with Crippen molar-refractivity contribution >= 4 is 37.5 Å². The van der Waals surface area contributed by atoms with Gasteiger partial charge in [0.15, 0.2) is 6.04 Å². The van der Waals surface area contributed by atoms with Crippen LogP contribution in [0.25, 0.3) is 0 Å². The predicted octanol–water partition coefficient (Wildman–Crippen LogP) is 1.14. The molecule has 0 aliphatic heterocycles. The molecule has 2 aromatic carbocycles. The molecule has 0 aliphatic carbocycles. The third kappa shape index (κ3) is 5.64. The van der Waals surface area contributed by atoms with Gasteiger partial charge >= 0.3 is 0 Å². The molecule has 0 aromatic heterocycles. The smallest absolute Gasteiger partial charge is 0.282 e. The normalized spacial score (nSPS) is 13.9. The van der Waals surface area contributed by atoms with Gasteiger partial charge < -0.3 is 10.2 Å². The maximum atomic E-state index is 12.4. The van der Waals surface area contributed by atoms with Crippen molar-refractivity contribution in [1.82, 2.24) is 0 Å². The van der Waals surface area contributed by atoms with Gasteiger partial charge in [-0.15, -0.1) is 0 Å². The summed E-state index contributed by atoms with van der Waals surface area (Å²) >= 11 is 3.40. The van der Waals surface area contributed by atoms with Crippen molar-refractivity contribution in [1.29, 1.82) is 0 Å². The van der Waals surface area contributed by atoms with Gasteiger partial charge in [-0.1, -0.05) is 28.1 Å². The number of anilines is 1. The Morgan fingerprint density at radius 3 is 2.24 bits per heavy atom. The molecule has 0 radical (unpaired) electrons. The first-order valence-corrected chi connectivity index (χ1v) is 10.0. The summed E-state index contributed by atoms with van der Waals surface area (Å²) in [5.74, 6) is -0.141. The van der Waals surface area contributed by atoms with Crippen LogP contribution in [-0.4, -0.2) is 27.4 Å². The third-order valence-corrected chi connectivity index (χ3v) is 5.44. The van der Waals surface area contributed by atoms with Gasteiger partial charge in [-0.2, -0.15) is 0 Å². The number of quaternary nitrogens is 1. The minimum Gasteiger partial charge on any atom is -0.324 e. The molecule has 8 heteroatoms. The summed E-state index contributed by atoms with van der Waals surface area (Å²) in [5, 5.41) is 7.85. The molecule has 134 valence electrons. The highest BCUT2D eigenvalue weighted by Crippen LogP contribution is 2.13. The van der Waals surface area contributed by atoms with Gasteiger partial charge in [-0.25, -0.2) is 13.6 Å².